The second-order valence-electron chi connectivity index (χ2n) is 4.48. The summed E-state index contributed by atoms with van der Waals surface area (Å²) in [5, 5.41) is 8.96. The van der Waals surface area contributed by atoms with Gasteiger partial charge in [0.15, 0.2) is 0 Å². The highest BCUT2D eigenvalue weighted by Crippen LogP contribution is 2.30. The average Bonchev–Trinajstić information content (AvgIpc) is 2.46. The Hall–Kier alpha value is -2.12. The van der Waals surface area contributed by atoms with Crippen molar-refractivity contribution in [2.75, 3.05) is 12.8 Å². The van der Waals surface area contributed by atoms with Crippen molar-refractivity contribution >= 4 is 17.4 Å². The van der Waals surface area contributed by atoms with Gasteiger partial charge in [-0.25, -0.2) is 0 Å². The van der Waals surface area contributed by atoms with Crippen LogP contribution in [-0.2, 0) is 5.75 Å². The molecule has 2 rings (SSSR count). The van der Waals surface area contributed by atoms with E-state index in [1.807, 2.05) is 31.2 Å². The van der Waals surface area contributed by atoms with Crippen LogP contribution in [0.4, 0.5) is 5.69 Å². The predicted molar refractivity (Wildman–Crippen MR) is 82.9 cm³/mol. The van der Waals surface area contributed by atoms with Gasteiger partial charge in [0.25, 0.3) is 0 Å². The number of nitriles is 1. The molecule has 0 aliphatic heterocycles. The van der Waals surface area contributed by atoms with Gasteiger partial charge >= 0.3 is 0 Å². The van der Waals surface area contributed by atoms with Crippen molar-refractivity contribution in [2.45, 2.75) is 17.6 Å². The van der Waals surface area contributed by atoms with E-state index in [-0.39, 0.29) is 0 Å². The zero-order valence-electron chi connectivity index (χ0n) is 11.5. The molecule has 0 aliphatic carbocycles. The average molecular weight is 284 g/mol. The summed E-state index contributed by atoms with van der Waals surface area (Å²) < 4.78 is 5.21. The first-order chi connectivity index (χ1) is 9.63. The van der Waals surface area contributed by atoms with Crippen LogP contribution in [-0.4, -0.2) is 7.11 Å². The van der Waals surface area contributed by atoms with Crippen LogP contribution < -0.4 is 10.5 Å². The van der Waals surface area contributed by atoms with E-state index in [0.29, 0.717) is 11.3 Å². The van der Waals surface area contributed by atoms with E-state index >= 15 is 0 Å². The van der Waals surface area contributed by atoms with Gasteiger partial charge in [0.2, 0.25) is 0 Å². The molecule has 2 aromatic rings. The SMILES string of the molecule is COc1cc(CSc2ccc(C)cc2N)ccc1C#N. The summed E-state index contributed by atoms with van der Waals surface area (Å²) in [6.07, 6.45) is 0. The van der Waals surface area contributed by atoms with Crippen LogP contribution in [0.5, 0.6) is 5.75 Å². The molecule has 102 valence electrons. The summed E-state index contributed by atoms with van der Waals surface area (Å²) in [5.41, 5.74) is 9.61. The van der Waals surface area contributed by atoms with Gasteiger partial charge in [-0.1, -0.05) is 12.1 Å². The van der Waals surface area contributed by atoms with Gasteiger partial charge in [-0.3, -0.25) is 0 Å². The van der Waals surface area contributed by atoms with Gasteiger partial charge in [0.05, 0.1) is 12.7 Å². The third kappa shape index (κ3) is 3.25. The van der Waals surface area contributed by atoms with E-state index in [0.717, 1.165) is 27.5 Å². The lowest BCUT2D eigenvalue weighted by molar-refractivity contribution is 0.413. The van der Waals surface area contributed by atoms with Crippen LogP contribution in [0.3, 0.4) is 0 Å². The summed E-state index contributed by atoms with van der Waals surface area (Å²) in [7, 11) is 1.57. The quantitative estimate of drug-likeness (QED) is 0.686. The predicted octanol–water partition coefficient (Wildman–Crippen LogP) is 3.75. The third-order valence-corrected chi connectivity index (χ3v) is 4.11. The Morgan fingerprint density at radius 2 is 2.05 bits per heavy atom. The molecule has 0 atom stereocenters. The van der Waals surface area contributed by atoms with E-state index < -0.39 is 0 Å². The minimum absolute atomic E-state index is 0.552. The van der Waals surface area contributed by atoms with Crippen molar-refractivity contribution < 1.29 is 4.74 Å². The number of nitrogen functional groups attached to an aromatic ring is 1. The maximum absolute atomic E-state index is 8.96. The molecule has 2 aromatic carbocycles. The van der Waals surface area contributed by atoms with Gasteiger partial charge in [-0.2, -0.15) is 5.26 Å². The fourth-order valence-electron chi connectivity index (χ4n) is 1.88. The second kappa shape index (κ2) is 6.36. The molecule has 0 aromatic heterocycles. The maximum atomic E-state index is 8.96. The monoisotopic (exact) mass is 284 g/mol. The Kier molecular flexibility index (Phi) is 4.54. The number of thioether (sulfide) groups is 1. The Labute approximate surface area is 123 Å². The molecule has 0 aliphatic rings. The molecule has 0 saturated carbocycles. The maximum Gasteiger partial charge on any atom is 0.136 e. The Bertz CT molecular complexity index is 662. The first-order valence-corrected chi connectivity index (χ1v) is 7.18. The summed E-state index contributed by atoms with van der Waals surface area (Å²) in [6.45, 7) is 2.02. The van der Waals surface area contributed by atoms with Gasteiger partial charge in [-0.05, 0) is 42.3 Å². The number of aryl methyl sites for hydroxylation is 1. The van der Waals surface area contributed by atoms with Crippen molar-refractivity contribution in [3.8, 4) is 11.8 Å². The molecule has 0 heterocycles. The van der Waals surface area contributed by atoms with Crippen LogP contribution in [0.1, 0.15) is 16.7 Å². The minimum atomic E-state index is 0.552. The molecular weight excluding hydrogens is 268 g/mol. The first-order valence-electron chi connectivity index (χ1n) is 6.20. The number of hydrogen-bond donors (Lipinski definition) is 1. The number of rotatable bonds is 4. The zero-order chi connectivity index (χ0) is 14.5. The summed E-state index contributed by atoms with van der Waals surface area (Å²) >= 11 is 1.68. The minimum Gasteiger partial charge on any atom is -0.495 e. The van der Waals surface area contributed by atoms with Crippen molar-refractivity contribution in [2.24, 2.45) is 0 Å². The molecule has 2 N–H and O–H groups in total. The number of nitrogens with zero attached hydrogens (tertiary/aromatic N) is 1. The van der Waals surface area contributed by atoms with Gasteiger partial charge in [0.1, 0.15) is 11.8 Å². The van der Waals surface area contributed by atoms with Crippen molar-refractivity contribution in [1.82, 2.24) is 0 Å². The Balaban J connectivity index is 2.13. The molecule has 4 heteroatoms. The number of hydrogen-bond acceptors (Lipinski definition) is 4. The largest absolute Gasteiger partial charge is 0.495 e. The molecule has 0 bridgehead atoms. The molecule has 3 nitrogen and oxygen atoms in total. The van der Waals surface area contributed by atoms with Gasteiger partial charge < -0.3 is 10.5 Å². The standard InChI is InChI=1S/C16H16N2OS/c1-11-3-6-16(14(18)7-11)20-10-12-4-5-13(9-17)15(8-12)19-2/h3-8H,10,18H2,1-2H3. The Morgan fingerprint density at radius 3 is 2.70 bits per heavy atom. The van der Waals surface area contributed by atoms with Crippen molar-refractivity contribution in [1.29, 1.82) is 5.26 Å². The van der Waals surface area contributed by atoms with Crippen molar-refractivity contribution in [3.05, 3.63) is 53.1 Å². The zero-order valence-corrected chi connectivity index (χ0v) is 12.3. The van der Waals surface area contributed by atoms with Crippen LogP contribution in [0.15, 0.2) is 41.3 Å². The lowest BCUT2D eigenvalue weighted by atomic mass is 10.1. The fraction of sp³-hybridized carbons (Fsp3) is 0.188. The number of benzene rings is 2. The number of methoxy groups -OCH3 is 1. The lowest BCUT2D eigenvalue weighted by Gasteiger charge is -2.08. The van der Waals surface area contributed by atoms with Crippen molar-refractivity contribution in [3.63, 3.8) is 0 Å². The summed E-state index contributed by atoms with van der Waals surface area (Å²) in [4.78, 5) is 1.07. The van der Waals surface area contributed by atoms with E-state index in [9.17, 15) is 0 Å². The summed E-state index contributed by atoms with van der Waals surface area (Å²) in [5.74, 6) is 1.40. The van der Waals surface area contributed by atoms with Crippen LogP contribution >= 0.6 is 11.8 Å². The second-order valence-corrected chi connectivity index (χ2v) is 5.49. The highest BCUT2D eigenvalue weighted by Gasteiger charge is 2.05. The van der Waals surface area contributed by atoms with Crippen LogP contribution in [0, 0.1) is 18.3 Å². The van der Waals surface area contributed by atoms with E-state index in [4.69, 9.17) is 15.7 Å². The molecular formula is C16H16N2OS. The molecule has 0 radical (unpaired) electrons. The lowest BCUT2D eigenvalue weighted by Crippen LogP contribution is -1.92. The normalized spacial score (nSPS) is 10.1. The molecule has 0 unspecified atom stereocenters. The number of nitrogens with two attached hydrogens (primary N) is 1. The topological polar surface area (TPSA) is 59.0 Å². The smallest absolute Gasteiger partial charge is 0.136 e. The third-order valence-electron chi connectivity index (χ3n) is 2.95. The van der Waals surface area contributed by atoms with Gasteiger partial charge in [0, 0.05) is 16.3 Å². The van der Waals surface area contributed by atoms with E-state index in [2.05, 4.69) is 12.1 Å². The molecule has 20 heavy (non-hydrogen) atoms. The number of anilines is 1. The van der Waals surface area contributed by atoms with Gasteiger partial charge in [-0.15, -0.1) is 11.8 Å². The first kappa shape index (κ1) is 14.3. The molecule has 0 saturated heterocycles. The Morgan fingerprint density at radius 1 is 1.25 bits per heavy atom. The number of ether oxygens (including phenoxy) is 1. The highest BCUT2D eigenvalue weighted by atomic mass is 32.2. The van der Waals surface area contributed by atoms with Crippen LogP contribution in [0.2, 0.25) is 0 Å². The summed E-state index contributed by atoms with van der Waals surface area (Å²) in [6, 6.07) is 13.8. The van der Waals surface area contributed by atoms with Crippen LogP contribution in [0.25, 0.3) is 0 Å². The van der Waals surface area contributed by atoms with E-state index in [1.165, 1.54) is 0 Å². The molecule has 0 spiro atoms. The van der Waals surface area contributed by atoms with E-state index in [1.54, 1.807) is 24.9 Å². The fourth-order valence-corrected chi connectivity index (χ4v) is 2.77. The molecule has 0 fully saturated rings. The highest BCUT2D eigenvalue weighted by molar-refractivity contribution is 7.98. The molecule has 0 amide bonds.